The first-order valence-corrected chi connectivity index (χ1v) is 9.35. The van der Waals surface area contributed by atoms with Gasteiger partial charge in [-0.05, 0) is 49.4 Å². The Bertz CT molecular complexity index is 1170. The highest BCUT2D eigenvalue weighted by molar-refractivity contribution is 6.08. The number of pyridine rings is 2. The molecule has 0 saturated heterocycles. The van der Waals surface area contributed by atoms with E-state index in [2.05, 4.69) is 60.1 Å². The minimum Gasteiger partial charge on any atom is -0.437 e. The predicted molar refractivity (Wildman–Crippen MR) is 104 cm³/mol. The van der Waals surface area contributed by atoms with Crippen molar-refractivity contribution in [3.05, 3.63) is 59.9 Å². The van der Waals surface area contributed by atoms with Crippen molar-refractivity contribution in [2.45, 2.75) is 38.5 Å². The van der Waals surface area contributed by atoms with Gasteiger partial charge in [0.15, 0.2) is 11.8 Å². The fraction of sp³-hybridized carbons (Fsp3) is 0.304. The second-order valence-electron chi connectivity index (χ2n) is 7.28. The maximum absolute atomic E-state index is 9.14. The summed E-state index contributed by atoms with van der Waals surface area (Å²) in [6.07, 6.45) is 7.92. The van der Waals surface area contributed by atoms with E-state index in [0.717, 1.165) is 64.4 Å². The smallest absolute Gasteiger partial charge is 0.227 e. The van der Waals surface area contributed by atoms with Gasteiger partial charge < -0.3 is 4.42 Å². The number of benzene rings is 1. The van der Waals surface area contributed by atoms with E-state index >= 15 is 0 Å². The first kappa shape index (κ1) is 14.5. The van der Waals surface area contributed by atoms with E-state index in [-0.39, 0.29) is 0 Å². The van der Waals surface area contributed by atoms with Gasteiger partial charge in [-0.1, -0.05) is 25.0 Å². The lowest BCUT2D eigenvalue weighted by Gasteiger charge is -2.14. The van der Waals surface area contributed by atoms with Crippen LogP contribution in [-0.2, 0) is 7.05 Å². The topological polar surface area (TPSA) is 29.9 Å². The molecule has 3 heteroatoms. The van der Waals surface area contributed by atoms with Crippen LogP contribution in [0.4, 0.5) is 0 Å². The molecule has 3 heterocycles. The van der Waals surface area contributed by atoms with Crippen LogP contribution < -0.4 is 4.57 Å². The number of hydrogen-bond acceptors (Lipinski definition) is 2. The van der Waals surface area contributed by atoms with Gasteiger partial charge in [-0.2, -0.15) is 0 Å². The largest absolute Gasteiger partial charge is 0.437 e. The standard InChI is InChI=1S/C23H23N2O/c1-15-11-12-18-19-9-5-13-24-23(19)26-22(18)20(15)21-17(10-6-14-25(21)2)16-7-3-4-8-16/h5-6,9-14,16H,3-4,7-8H2,1-2H3/q+1/i16D. The SMILES string of the molecule is [2H]C1(c2ccc[n+](C)c2-c2c(C)ccc3c2oc2ncccc23)CCCC1. The summed E-state index contributed by atoms with van der Waals surface area (Å²) in [5.74, 6) is -0.521. The van der Waals surface area contributed by atoms with Crippen molar-refractivity contribution in [3.8, 4) is 11.3 Å². The highest BCUT2D eigenvalue weighted by atomic mass is 16.3. The van der Waals surface area contributed by atoms with Gasteiger partial charge in [-0.15, -0.1) is 0 Å². The third-order valence-electron chi connectivity index (χ3n) is 5.63. The quantitative estimate of drug-likeness (QED) is 0.453. The van der Waals surface area contributed by atoms with E-state index in [0.29, 0.717) is 5.71 Å². The van der Waals surface area contributed by atoms with E-state index in [4.69, 9.17) is 5.79 Å². The Morgan fingerprint density at radius 3 is 2.81 bits per heavy atom. The second kappa shape index (κ2) is 5.94. The number of rotatable bonds is 2. The molecule has 0 amide bonds. The summed E-state index contributed by atoms with van der Waals surface area (Å²) in [5, 5.41) is 2.12. The van der Waals surface area contributed by atoms with Crippen molar-refractivity contribution in [3.63, 3.8) is 0 Å². The molecule has 0 radical (unpaired) electrons. The third-order valence-corrected chi connectivity index (χ3v) is 5.63. The Balaban J connectivity index is 1.88. The van der Waals surface area contributed by atoms with Crippen LogP contribution in [0, 0.1) is 6.92 Å². The van der Waals surface area contributed by atoms with Crippen LogP contribution in [0.15, 0.2) is 53.2 Å². The average Bonchev–Trinajstić information content (AvgIpc) is 3.26. The van der Waals surface area contributed by atoms with Gasteiger partial charge in [0.2, 0.25) is 11.4 Å². The van der Waals surface area contributed by atoms with Crippen molar-refractivity contribution in [1.29, 1.82) is 0 Å². The molecular formula is C23H23N2O+. The molecule has 0 unspecified atom stereocenters. The fourth-order valence-corrected chi connectivity index (χ4v) is 4.35. The van der Waals surface area contributed by atoms with Crippen molar-refractivity contribution in [2.24, 2.45) is 7.05 Å². The van der Waals surface area contributed by atoms with Crippen molar-refractivity contribution in [2.75, 3.05) is 0 Å². The molecule has 1 aliphatic carbocycles. The first-order valence-electron chi connectivity index (χ1n) is 9.85. The van der Waals surface area contributed by atoms with Gasteiger partial charge in [-0.3, -0.25) is 0 Å². The molecule has 0 aliphatic heterocycles. The minimum atomic E-state index is -0.521. The lowest BCUT2D eigenvalue weighted by Crippen LogP contribution is -2.32. The van der Waals surface area contributed by atoms with Crippen LogP contribution >= 0.6 is 0 Å². The zero-order valence-corrected chi connectivity index (χ0v) is 15.2. The number of furan rings is 1. The zero-order valence-electron chi connectivity index (χ0n) is 16.2. The van der Waals surface area contributed by atoms with Crippen LogP contribution in [0.2, 0.25) is 0 Å². The van der Waals surface area contributed by atoms with Gasteiger partial charge in [-0.25, -0.2) is 9.55 Å². The molecule has 1 aliphatic rings. The van der Waals surface area contributed by atoms with Crippen LogP contribution in [-0.4, -0.2) is 4.98 Å². The average molecular weight is 344 g/mol. The van der Waals surface area contributed by atoms with Gasteiger partial charge >= 0.3 is 0 Å². The van der Waals surface area contributed by atoms with Crippen LogP contribution in [0.3, 0.4) is 0 Å². The summed E-state index contributed by atoms with van der Waals surface area (Å²) in [6, 6.07) is 12.5. The van der Waals surface area contributed by atoms with E-state index < -0.39 is 5.89 Å². The Morgan fingerprint density at radius 1 is 1.12 bits per heavy atom. The number of aryl methyl sites for hydroxylation is 2. The Kier molecular flexibility index (Phi) is 3.31. The zero-order chi connectivity index (χ0) is 18.6. The van der Waals surface area contributed by atoms with Crippen molar-refractivity contribution >= 4 is 22.1 Å². The molecule has 0 atom stereocenters. The fourth-order valence-electron chi connectivity index (χ4n) is 4.35. The number of nitrogens with zero attached hydrogens (tertiary/aromatic N) is 2. The summed E-state index contributed by atoms with van der Waals surface area (Å²) in [5.41, 5.74) is 5.98. The predicted octanol–water partition coefficient (Wildman–Crippen LogP) is 5.44. The molecule has 26 heavy (non-hydrogen) atoms. The maximum Gasteiger partial charge on any atom is 0.227 e. The number of hydrogen-bond donors (Lipinski definition) is 0. The molecule has 1 aromatic carbocycles. The second-order valence-corrected chi connectivity index (χ2v) is 7.28. The highest BCUT2D eigenvalue weighted by Gasteiger charge is 2.29. The van der Waals surface area contributed by atoms with Gasteiger partial charge in [0, 0.05) is 30.0 Å². The van der Waals surface area contributed by atoms with Gasteiger partial charge in [0.05, 0.1) is 5.56 Å². The molecule has 4 aromatic rings. The van der Waals surface area contributed by atoms with E-state index in [1.54, 1.807) is 6.20 Å². The van der Waals surface area contributed by atoms with Crippen LogP contribution in [0.5, 0.6) is 0 Å². The molecule has 5 rings (SSSR count). The number of fused-ring (bicyclic) bond motifs is 3. The lowest BCUT2D eigenvalue weighted by atomic mass is 9.90. The van der Waals surface area contributed by atoms with Crippen molar-refractivity contribution in [1.82, 2.24) is 4.98 Å². The summed E-state index contributed by atoms with van der Waals surface area (Å²) in [6.45, 7) is 2.12. The van der Waals surface area contributed by atoms with Crippen molar-refractivity contribution < 1.29 is 10.4 Å². The van der Waals surface area contributed by atoms with E-state index in [1.165, 1.54) is 0 Å². The van der Waals surface area contributed by atoms with E-state index in [9.17, 15) is 0 Å². The minimum absolute atomic E-state index is 0.521. The molecule has 0 spiro atoms. The normalized spacial score (nSPS) is 17.1. The summed E-state index contributed by atoms with van der Waals surface area (Å²) in [7, 11) is 2.07. The molecule has 0 N–H and O–H groups in total. The Labute approximate surface area is 154 Å². The molecule has 1 fully saturated rings. The first-order chi connectivity index (χ1) is 13.1. The Morgan fingerprint density at radius 2 is 1.96 bits per heavy atom. The molecule has 3 aromatic heterocycles. The number of aromatic nitrogens is 2. The highest BCUT2D eigenvalue weighted by Crippen LogP contribution is 2.42. The maximum atomic E-state index is 9.14. The third kappa shape index (κ3) is 2.27. The van der Waals surface area contributed by atoms with Gasteiger partial charge in [0.25, 0.3) is 0 Å². The van der Waals surface area contributed by atoms with Gasteiger partial charge in [0.1, 0.15) is 7.05 Å². The lowest BCUT2D eigenvalue weighted by molar-refractivity contribution is -0.660. The monoisotopic (exact) mass is 344 g/mol. The summed E-state index contributed by atoms with van der Waals surface area (Å²) >= 11 is 0. The van der Waals surface area contributed by atoms with Crippen LogP contribution in [0.1, 0.15) is 44.1 Å². The molecule has 1 saturated carbocycles. The summed E-state index contributed by atoms with van der Waals surface area (Å²) < 4.78 is 17.5. The molecule has 130 valence electrons. The van der Waals surface area contributed by atoms with Crippen LogP contribution in [0.25, 0.3) is 33.3 Å². The summed E-state index contributed by atoms with van der Waals surface area (Å²) in [4.78, 5) is 4.41. The molecular weight excluding hydrogens is 320 g/mol. The molecule has 3 nitrogen and oxygen atoms in total. The van der Waals surface area contributed by atoms with E-state index in [1.807, 2.05) is 6.07 Å². The molecule has 0 bridgehead atoms. The Hall–Kier alpha value is -2.68.